The highest BCUT2D eigenvalue weighted by molar-refractivity contribution is 5.96. The second kappa shape index (κ2) is 3.46. The fourth-order valence-corrected chi connectivity index (χ4v) is 1.50. The number of rotatable bonds is 1. The summed E-state index contributed by atoms with van der Waals surface area (Å²) in [7, 11) is 1.31. The monoisotopic (exact) mass is 200 g/mol. The fourth-order valence-electron chi connectivity index (χ4n) is 1.50. The lowest BCUT2D eigenvalue weighted by Gasteiger charge is -2.00. The van der Waals surface area contributed by atoms with Crippen molar-refractivity contribution in [3.63, 3.8) is 0 Å². The summed E-state index contributed by atoms with van der Waals surface area (Å²) in [6, 6.07) is 7.05. The minimum atomic E-state index is -0.442. The van der Waals surface area contributed by atoms with E-state index in [1.807, 2.05) is 6.07 Å². The molecular weight excluding hydrogens is 192 g/mol. The smallest absolute Gasteiger partial charge is 0.337 e. The van der Waals surface area contributed by atoms with E-state index in [0.717, 1.165) is 10.9 Å². The van der Waals surface area contributed by atoms with Gasteiger partial charge in [0.1, 0.15) is 0 Å². The summed E-state index contributed by atoms with van der Waals surface area (Å²) in [6.45, 7) is 0. The Balaban J connectivity index is 2.70. The quantitative estimate of drug-likeness (QED) is 0.714. The van der Waals surface area contributed by atoms with Gasteiger partial charge in [0.25, 0.3) is 0 Å². The molecule has 4 heteroatoms. The number of carbonyl (C=O) groups excluding carboxylic acids is 1. The van der Waals surface area contributed by atoms with Crippen LogP contribution in [-0.4, -0.2) is 18.1 Å². The molecule has 1 aromatic carbocycles. The third-order valence-corrected chi connectivity index (χ3v) is 2.21. The molecule has 0 spiro atoms. The molecule has 0 fully saturated rings. The first-order chi connectivity index (χ1) is 7.26. The highest BCUT2D eigenvalue weighted by Gasteiger charge is 2.10. The van der Waals surface area contributed by atoms with E-state index in [1.54, 1.807) is 18.3 Å². The lowest BCUT2D eigenvalue weighted by atomic mass is 10.1. The van der Waals surface area contributed by atoms with E-state index >= 15 is 0 Å². The number of esters is 1. The second-order valence-electron chi connectivity index (χ2n) is 3.07. The number of H-pyrrole nitrogens is 1. The van der Waals surface area contributed by atoms with Crippen LogP contribution < -0.4 is 0 Å². The van der Waals surface area contributed by atoms with E-state index in [0.29, 0.717) is 11.1 Å². The van der Waals surface area contributed by atoms with Crippen LogP contribution in [0, 0.1) is 11.3 Å². The van der Waals surface area contributed by atoms with E-state index in [1.165, 1.54) is 13.2 Å². The van der Waals surface area contributed by atoms with E-state index < -0.39 is 5.97 Å². The number of nitriles is 1. The van der Waals surface area contributed by atoms with Crippen LogP contribution in [0.2, 0.25) is 0 Å². The number of nitrogens with zero attached hydrogens (tertiary/aromatic N) is 1. The van der Waals surface area contributed by atoms with Gasteiger partial charge in [-0.1, -0.05) is 0 Å². The van der Waals surface area contributed by atoms with E-state index in [9.17, 15) is 4.79 Å². The molecule has 0 aliphatic heterocycles. The predicted molar refractivity (Wildman–Crippen MR) is 54.4 cm³/mol. The van der Waals surface area contributed by atoms with Crippen LogP contribution >= 0.6 is 0 Å². The summed E-state index contributed by atoms with van der Waals surface area (Å²) in [6.07, 6.45) is 1.73. The predicted octanol–water partition coefficient (Wildman–Crippen LogP) is 1.83. The molecule has 4 nitrogen and oxygen atoms in total. The number of hydrogen-bond acceptors (Lipinski definition) is 3. The van der Waals surface area contributed by atoms with Gasteiger partial charge in [-0.25, -0.2) is 4.79 Å². The lowest BCUT2D eigenvalue weighted by Crippen LogP contribution is -2.01. The molecule has 0 atom stereocenters. The van der Waals surface area contributed by atoms with E-state index in [2.05, 4.69) is 9.72 Å². The third-order valence-electron chi connectivity index (χ3n) is 2.21. The standard InChI is InChI=1S/C11H8N2O2/c1-15-11(14)7-4-8(6-12)9-2-3-13-10(9)5-7/h2-5,13H,1H3. The van der Waals surface area contributed by atoms with E-state index in [4.69, 9.17) is 5.26 Å². The summed E-state index contributed by atoms with van der Waals surface area (Å²) in [5, 5.41) is 9.73. The van der Waals surface area contributed by atoms with Gasteiger partial charge >= 0.3 is 5.97 Å². The van der Waals surface area contributed by atoms with Gasteiger partial charge in [-0.3, -0.25) is 0 Å². The molecule has 0 saturated heterocycles. The molecule has 0 amide bonds. The van der Waals surface area contributed by atoms with Crippen molar-refractivity contribution in [2.75, 3.05) is 7.11 Å². The highest BCUT2D eigenvalue weighted by atomic mass is 16.5. The first-order valence-electron chi connectivity index (χ1n) is 4.36. The van der Waals surface area contributed by atoms with Crippen LogP contribution in [0.25, 0.3) is 10.9 Å². The first kappa shape index (κ1) is 9.28. The summed E-state index contributed by atoms with van der Waals surface area (Å²) in [5.74, 6) is -0.442. The van der Waals surface area contributed by atoms with Crippen LogP contribution in [-0.2, 0) is 4.74 Å². The Bertz CT molecular complexity index is 563. The van der Waals surface area contributed by atoms with Crippen molar-refractivity contribution in [3.8, 4) is 6.07 Å². The summed E-state index contributed by atoms with van der Waals surface area (Å²) >= 11 is 0. The van der Waals surface area contributed by atoms with Crippen LogP contribution in [0.3, 0.4) is 0 Å². The number of aromatic nitrogens is 1. The van der Waals surface area contributed by atoms with Crippen molar-refractivity contribution in [3.05, 3.63) is 35.5 Å². The summed E-state index contributed by atoms with van der Waals surface area (Å²) in [4.78, 5) is 14.3. The van der Waals surface area contributed by atoms with Crippen molar-refractivity contribution in [1.82, 2.24) is 4.98 Å². The minimum Gasteiger partial charge on any atom is -0.465 e. The number of carbonyl (C=O) groups is 1. The van der Waals surface area contributed by atoms with Crippen molar-refractivity contribution in [1.29, 1.82) is 5.26 Å². The lowest BCUT2D eigenvalue weighted by molar-refractivity contribution is 0.0601. The number of benzene rings is 1. The SMILES string of the molecule is COC(=O)c1cc(C#N)c2cc[nH]c2c1. The maximum absolute atomic E-state index is 11.3. The maximum Gasteiger partial charge on any atom is 0.337 e. The molecule has 1 aromatic heterocycles. The fraction of sp³-hybridized carbons (Fsp3) is 0.0909. The number of methoxy groups -OCH3 is 1. The molecule has 0 unspecified atom stereocenters. The molecule has 0 aliphatic rings. The second-order valence-corrected chi connectivity index (χ2v) is 3.07. The zero-order chi connectivity index (χ0) is 10.8. The molecule has 74 valence electrons. The molecule has 0 radical (unpaired) electrons. The summed E-state index contributed by atoms with van der Waals surface area (Å²) in [5.41, 5.74) is 1.60. The molecule has 0 saturated carbocycles. The van der Waals surface area contributed by atoms with Gasteiger partial charge in [-0.05, 0) is 18.2 Å². The third kappa shape index (κ3) is 1.44. The van der Waals surface area contributed by atoms with Crippen molar-refractivity contribution in [2.45, 2.75) is 0 Å². The molecule has 0 aliphatic carbocycles. The average Bonchev–Trinajstić information content (AvgIpc) is 2.74. The zero-order valence-electron chi connectivity index (χ0n) is 8.07. The van der Waals surface area contributed by atoms with Crippen LogP contribution in [0.1, 0.15) is 15.9 Å². The van der Waals surface area contributed by atoms with Crippen molar-refractivity contribution in [2.24, 2.45) is 0 Å². The Morgan fingerprint density at radius 3 is 3.00 bits per heavy atom. The number of hydrogen-bond donors (Lipinski definition) is 1. The highest BCUT2D eigenvalue weighted by Crippen LogP contribution is 2.19. The molecule has 1 N–H and O–H groups in total. The Labute approximate surface area is 86.1 Å². The number of aromatic amines is 1. The maximum atomic E-state index is 11.3. The minimum absolute atomic E-state index is 0.379. The van der Waals surface area contributed by atoms with E-state index in [-0.39, 0.29) is 0 Å². The van der Waals surface area contributed by atoms with Gasteiger partial charge in [0, 0.05) is 17.1 Å². The van der Waals surface area contributed by atoms with Crippen LogP contribution in [0.15, 0.2) is 24.4 Å². The van der Waals surface area contributed by atoms with Gasteiger partial charge in [0.05, 0.1) is 24.3 Å². The Kier molecular flexibility index (Phi) is 2.14. The molecule has 2 aromatic rings. The van der Waals surface area contributed by atoms with Crippen molar-refractivity contribution < 1.29 is 9.53 Å². The number of fused-ring (bicyclic) bond motifs is 1. The van der Waals surface area contributed by atoms with Gasteiger partial charge in [0.15, 0.2) is 0 Å². The molecule has 1 heterocycles. The van der Waals surface area contributed by atoms with Gasteiger partial charge in [0.2, 0.25) is 0 Å². The normalized spacial score (nSPS) is 9.87. The Morgan fingerprint density at radius 2 is 2.33 bits per heavy atom. The average molecular weight is 200 g/mol. The number of nitrogens with one attached hydrogen (secondary N) is 1. The molecule has 15 heavy (non-hydrogen) atoms. The van der Waals surface area contributed by atoms with Gasteiger partial charge in [-0.15, -0.1) is 0 Å². The molecule has 2 rings (SSSR count). The zero-order valence-corrected chi connectivity index (χ0v) is 8.07. The van der Waals surface area contributed by atoms with Crippen LogP contribution in [0.5, 0.6) is 0 Å². The van der Waals surface area contributed by atoms with Crippen molar-refractivity contribution >= 4 is 16.9 Å². The Morgan fingerprint density at radius 1 is 1.53 bits per heavy atom. The topological polar surface area (TPSA) is 65.9 Å². The first-order valence-corrected chi connectivity index (χ1v) is 4.36. The number of ether oxygens (including phenoxy) is 1. The summed E-state index contributed by atoms with van der Waals surface area (Å²) < 4.78 is 4.60. The van der Waals surface area contributed by atoms with Gasteiger partial charge in [-0.2, -0.15) is 5.26 Å². The largest absolute Gasteiger partial charge is 0.465 e. The Hall–Kier alpha value is -2.28. The molecular formula is C11H8N2O2. The van der Waals surface area contributed by atoms with Crippen LogP contribution in [0.4, 0.5) is 0 Å². The van der Waals surface area contributed by atoms with Gasteiger partial charge < -0.3 is 9.72 Å². The molecule has 0 bridgehead atoms.